The predicted octanol–water partition coefficient (Wildman–Crippen LogP) is 3.06. The van der Waals surface area contributed by atoms with E-state index in [0.29, 0.717) is 6.54 Å². The number of hydrogen-bond donors (Lipinski definition) is 1. The van der Waals surface area contributed by atoms with Crippen LogP contribution in [0.15, 0.2) is 27.1 Å². The second-order valence-electron chi connectivity index (χ2n) is 5.52. The Balaban J connectivity index is 1.80. The van der Waals surface area contributed by atoms with Crippen molar-refractivity contribution in [3.05, 3.63) is 27.1 Å². The fourth-order valence-electron chi connectivity index (χ4n) is 2.56. The molecule has 3 atom stereocenters. The van der Waals surface area contributed by atoms with Crippen LogP contribution < -0.4 is 4.74 Å². The zero-order valence-electron chi connectivity index (χ0n) is 12.3. The summed E-state index contributed by atoms with van der Waals surface area (Å²) in [6.45, 7) is 6.70. The number of halogens is 2. The molecule has 21 heavy (non-hydrogen) atoms. The van der Waals surface area contributed by atoms with Gasteiger partial charge < -0.3 is 14.6 Å². The highest BCUT2D eigenvalue weighted by Gasteiger charge is 2.24. The molecule has 1 N–H and O–H groups in total. The van der Waals surface area contributed by atoms with E-state index in [0.717, 1.165) is 27.8 Å². The van der Waals surface area contributed by atoms with E-state index in [2.05, 4.69) is 50.6 Å². The summed E-state index contributed by atoms with van der Waals surface area (Å²) < 4.78 is 13.2. The molecule has 1 fully saturated rings. The van der Waals surface area contributed by atoms with Gasteiger partial charge >= 0.3 is 0 Å². The number of morpholine rings is 1. The van der Waals surface area contributed by atoms with Crippen molar-refractivity contribution in [1.82, 2.24) is 4.90 Å². The maximum absolute atomic E-state index is 10.1. The molecule has 1 aromatic rings. The van der Waals surface area contributed by atoms with Gasteiger partial charge in [-0.05, 0) is 48.0 Å². The summed E-state index contributed by atoms with van der Waals surface area (Å²) in [5.41, 5.74) is 0. The zero-order valence-corrected chi connectivity index (χ0v) is 15.4. The molecule has 0 aliphatic carbocycles. The average Bonchev–Trinajstić information content (AvgIpc) is 2.36. The molecule has 118 valence electrons. The number of hydrogen-bond acceptors (Lipinski definition) is 4. The van der Waals surface area contributed by atoms with Gasteiger partial charge in [-0.1, -0.05) is 15.9 Å². The highest BCUT2D eigenvalue weighted by Crippen LogP contribution is 2.28. The van der Waals surface area contributed by atoms with Crippen molar-refractivity contribution < 1.29 is 14.6 Å². The van der Waals surface area contributed by atoms with Crippen molar-refractivity contribution in [1.29, 1.82) is 0 Å². The molecular weight excluding hydrogens is 402 g/mol. The molecule has 1 aliphatic heterocycles. The lowest BCUT2D eigenvalue weighted by molar-refractivity contribution is -0.0787. The first-order chi connectivity index (χ1) is 9.94. The summed E-state index contributed by atoms with van der Waals surface area (Å²) in [5.74, 6) is 0.737. The lowest BCUT2D eigenvalue weighted by atomic mass is 10.2. The molecular formula is C15H21Br2NO3. The number of benzene rings is 1. The summed E-state index contributed by atoms with van der Waals surface area (Å²) in [5, 5.41) is 10.1. The van der Waals surface area contributed by atoms with Gasteiger partial charge in [0.05, 0.1) is 16.7 Å². The summed E-state index contributed by atoms with van der Waals surface area (Å²) in [6, 6.07) is 5.71. The van der Waals surface area contributed by atoms with Crippen molar-refractivity contribution in [3.8, 4) is 5.75 Å². The monoisotopic (exact) mass is 421 g/mol. The van der Waals surface area contributed by atoms with Gasteiger partial charge in [0, 0.05) is 24.1 Å². The van der Waals surface area contributed by atoms with Crippen LogP contribution in [0.3, 0.4) is 0 Å². The Labute approximate surface area is 142 Å². The van der Waals surface area contributed by atoms with Crippen LogP contribution in [-0.2, 0) is 4.74 Å². The molecule has 0 aromatic heterocycles. The Hall–Kier alpha value is -0.140. The highest BCUT2D eigenvalue weighted by atomic mass is 79.9. The maximum atomic E-state index is 10.1. The number of β-amino-alcohol motifs (C(OH)–C–C–N with tert-alkyl or cyclic N) is 1. The molecule has 1 aromatic carbocycles. The molecule has 0 saturated carbocycles. The maximum Gasteiger partial charge on any atom is 0.133 e. The van der Waals surface area contributed by atoms with Crippen molar-refractivity contribution in [2.45, 2.75) is 32.2 Å². The molecule has 6 heteroatoms. The third kappa shape index (κ3) is 5.53. The van der Waals surface area contributed by atoms with Crippen LogP contribution in [0.1, 0.15) is 13.8 Å². The van der Waals surface area contributed by atoms with E-state index in [-0.39, 0.29) is 18.8 Å². The van der Waals surface area contributed by atoms with Crippen LogP contribution in [0.4, 0.5) is 0 Å². The van der Waals surface area contributed by atoms with Gasteiger partial charge in [-0.3, -0.25) is 4.90 Å². The van der Waals surface area contributed by atoms with E-state index in [1.165, 1.54) is 0 Å². The van der Waals surface area contributed by atoms with E-state index >= 15 is 0 Å². The fraction of sp³-hybridized carbons (Fsp3) is 0.600. The third-order valence-corrected chi connectivity index (χ3v) is 4.40. The van der Waals surface area contributed by atoms with Gasteiger partial charge in [0.25, 0.3) is 0 Å². The van der Waals surface area contributed by atoms with Gasteiger partial charge in [-0.25, -0.2) is 0 Å². The topological polar surface area (TPSA) is 41.9 Å². The molecule has 0 bridgehead atoms. The van der Waals surface area contributed by atoms with Crippen LogP contribution in [0.2, 0.25) is 0 Å². The Morgan fingerprint density at radius 3 is 2.62 bits per heavy atom. The molecule has 1 aliphatic rings. The molecule has 0 amide bonds. The Morgan fingerprint density at radius 1 is 1.33 bits per heavy atom. The largest absolute Gasteiger partial charge is 0.490 e. The number of aliphatic hydroxyl groups excluding tert-OH is 1. The quantitative estimate of drug-likeness (QED) is 0.791. The Morgan fingerprint density at radius 2 is 2.00 bits per heavy atom. The summed E-state index contributed by atoms with van der Waals surface area (Å²) in [7, 11) is 0. The van der Waals surface area contributed by atoms with Gasteiger partial charge in [-0.2, -0.15) is 0 Å². The number of ether oxygens (including phenoxy) is 2. The minimum atomic E-state index is -0.516. The predicted molar refractivity (Wildman–Crippen MR) is 89.8 cm³/mol. The molecule has 0 radical (unpaired) electrons. The van der Waals surface area contributed by atoms with Crippen LogP contribution in [0, 0.1) is 0 Å². The number of aliphatic hydroxyl groups is 1. The zero-order chi connectivity index (χ0) is 15.4. The first-order valence-corrected chi connectivity index (χ1v) is 8.66. The van der Waals surface area contributed by atoms with Gasteiger partial charge in [0.2, 0.25) is 0 Å². The summed E-state index contributed by atoms with van der Waals surface area (Å²) >= 11 is 6.85. The van der Waals surface area contributed by atoms with Gasteiger partial charge in [0.15, 0.2) is 0 Å². The van der Waals surface area contributed by atoms with Crippen molar-refractivity contribution in [2.24, 2.45) is 0 Å². The first-order valence-electron chi connectivity index (χ1n) is 7.07. The SMILES string of the molecule is C[C@@H]1CN(C[C@H](O)COc2ccc(Br)cc2Br)C[C@H](C)O1. The van der Waals surface area contributed by atoms with Crippen molar-refractivity contribution >= 4 is 31.9 Å². The van der Waals surface area contributed by atoms with Crippen LogP contribution >= 0.6 is 31.9 Å². The average molecular weight is 423 g/mol. The standard InChI is InChI=1S/C15H21Br2NO3/c1-10-6-18(7-11(2)21-10)8-13(19)9-20-15-4-3-12(16)5-14(15)17/h3-5,10-11,13,19H,6-9H2,1-2H3/t10-,11+,13-/m0/s1. The van der Waals surface area contributed by atoms with Crippen molar-refractivity contribution in [3.63, 3.8) is 0 Å². The fourth-order valence-corrected chi connectivity index (χ4v) is 3.72. The van der Waals surface area contributed by atoms with Crippen LogP contribution in [-0.4, -0.2) is 54.6 Å². The molecule has 1 saturated heterocycles. The lowest BCUT2D eigenvalue weighted by Crippen LogP contribution is -2.48. The smallest absolute Gasteiger partial charge is 0.133 e. The summed E-state index contributed by atoms with van der Waals surface area (Å²) in [4.78, 5) is 2.23. The van der Waals surface area contributed by atoms with Crippen molar-refractivity contribution in [2.75, 3.05) is 26.2 Å². The minimum absolute atomic E-state index is 0.211. The molecule has 4 nitrogen and oxygen atoms in total. The minimum Gasteiger partial charge on any atom is -0.490 e. The van der Waals surface area contributed by atoms with Crippen LogP contribution in [0.25, 0.3) is 0 Å². The van der Waals surface area contributed by atoms with E-state index in [1.807, 2.05) is 18.2 Å². The van der Waals surface area contributed by atoms with Gasteiger partial charge in [-0.15, -0.1) is 0 Å². The van der Waals surface area contributed by atoms with E-state index in [9.17, 15) is 5.11 Å². The number of rotatable bonds is 5. The molecule has 1 heterocycles. The summed E-state index contributed by atoms with van der Waals surface area (Å²) in [6.07, 6.45) is -0.0944. The normalized spacial score (nSPS) is 24.8. The lowest BCUT2D eigenvalue weighted by Gasteiger charge is -2.36. The van der Waals surface area contributed by atoms with Crippen LogP contribution in [0.5, 0.6) is 5.75 Å². The highest BCUT2D eigenvalue weighted by molar-refractivity contribution is 9.11. The third-order valence-electron chi connectivity index (χ3n) is 3.29. The molecule has 2 rings (SSSR count). The Bertz CT molecular complexity index is 462. The van der Waals surface area contributed by atoms with E-state index in [1.54, 1.807) is 0 Å². The second-order valence-corrected chi connectivity index (χ2v) is 7.29. The first kappa shape index (κ1) is 17.2. The molecule has 0 unspecified atom stereocenters. The van der Waals surface area contributed by atoms with E-state index in [4.69, 9.17) is 9.47 Å². The van der Waals surface area contributed by atoms with Gasteiger partial charge in [0.1, 0.15) is 18.5 Å². The van der Waals surface area contributed by atoms with E-state index < -0.39 is 6.10 Å². The second kappa shape index (κ2) is 7.92. The molecule has 0 spiro atoms. The Kier molecular flexibility index (Phi) is 6.50. The number of nitrogens with zero attached hydrogens (tertiary/aromatic N) is 1.